The summed E-state index contributed by atoms with van der Waals surface area (Å²) in [5.41, 5.74) is 2.46. The molecule has 0 bridgehead atoms. The normalized spacial score (nSPS) is 10.8. The number of hydrogen-bond donors (Lipinski definition) is 0. The van der Waals surface area contributed by atoms with Gasteiger partial charge in [-0.05, 0) is 31.5 Å². The van der Waals surface area contributed by atoms with Crippen molar-refractivity contribution in [1.82, 2.24) is 15.1 Å². The summed E-state index contributed by atoms with van der Waals surface area (Å²) in [5.74, 6) is -0.528. The molecule has 0 amide bonds. The van der Waals surface area contributed by atoms with E-state index in [-0.39, 0.29) is 18.3 Å². The lowest BCUT2D eigenvalue weighted by Crippen LogP contribution is -2.04. The topological polar surface area (TPSA) is 78.1 Å². The van der Waals surface area contributed by atoms with Gasteiger partial charge in [0.15, 0.2) is 0 Å². The van der Waals surface area contributed by atoms with Crippen molar-refractivity contribution in [3.05, 3.63) is 41.8 Å². The predicted octanol–water partition coefficient (Wildman–Crippen LogP) is 2.77. The average Bonchev–Trinajstić information content (AvgIpc) is 2.97. The van der Waals surface area contributed by atoms with Crippen LogP contribution < -0.4 is 0 Å². The lowest BCUT2D eigenvalue weighted by molar-refractivity contribution is 0.0470. The van der Waals surface area contributed by atoms with Crippen LogP contribution in [0.1, 0.15) is 23.2 Å². The van der Waals surface area contributed by atoms with Crippen molar-refractivity contribution >= 4 is 16.9 Å². The van der Waals surface area contributed by atoms with Crippen LogP contribution in [-0.4, -0.2) is 27.7 Å². The van der Waals surface area contributed by atoms with Gasteiger partial charge in [0.05, 0.1) is 12.1 Å². The average molecular weight is 283 g/mol. The zero-order valence-electron chi connectivity index (χ0n) is 11.7. The van der Waals surface area contributed by atoms with Crippen LogP contribution in [0.5, 0.6) is 0 Å². The number of hydrogen-bond acceptors (Lipinski definition) is 6. The summed E-state index contributed by atoms with van der Waals surface area (Å²) >= 11 is 0. The Balaban J connectivity index is 2.03. The number of fused-ring (bicyclic) bond motifs is 1. The molecular formula is C15H13N3O3. The molecule has 0 atom stereocenters. The Labute approximate surface area is 120 Å². The zero-order valence-corrected chi connectivity index (χ0v) is 11.7. The van der Waals surface area contributed by atoms with Gasteiger partial charge >= 0.3 is 11.9 Å². The lowest BCUT2D eigenvalue weighted by atomic mass is 10.1. The van der Waals surface area contributed by atoms with Crippen LogP contribution in [0.25, 0.3) is 22.4 Å². The monoisotopic (exact) mass is 283 g/mol. The molecule has 6 nitrogen and oxygen atoms in total. The number of pyridine rings is 1. The fourth-order valence-electron chi connectivity index (χ4n) is 2.07. The molecular weight excluding hydrogens is 270 g/mol. The van der Waals surface area contributed by atoms with Crippen LogP contribution in [0.15, 0.2) is 34.9 Å². The molecule has 0 saturated carbocycles. The molecule has 3 rings (SSSR count). The number of carbonyl (C=O) groups excluding carboxylic acids is 1. The number of nitrogens with zero attached hydrogens (tertiary/aromatic N) is 3. The largest absolute Gasteiger partial charge is 0.459 e. The molecule has 0 fully saturated rings. The van der Waals surface area contributed by atoms with Crippen molar-refractivity contribution in [2.24, 2.45) is 0 Å². The molecule has 0 spiro atoms. The number of aromatic nitrogens is 3. The van der Waals surface area contributed by atoms with Gasteiger partial charge in [0, 0.05) is 5.39 Å². The van der Waals surface area contributed by atoms with Crippen molar-refractivity contribution in [1.29, 1.82) is 0 Å². The van der Waals surface area contributed by atoms with E-state index in [1.165, 1.54) is 0 Å². The number of rotatable bonds is 3. The van der Waals surface area contributed by atoms with Gasteiger partial charge in [-0.15, -0.1) is 0 Å². The summed E-state index contributed by atoms with van der Waals surface area (Å²) in [4.78, 5) is 20.0. The number of carbonyl (C=O) groups is 1. The Morgan fingerprint density at radius 1 is 1.29 bits per heavy atom. The van der Waals surface area contributed by atoms with Gasteiger partial charge < -0.3 is 9.26 Å². The summed E-state index contributed by atoms with van der Waals surface area (Å²) in [6.07, 6.45) is 0. The molecule has 0 aliphatic heterocycles. The van der Waals surface area contributed by atoms with Gasteiger partial charge in [0.2, 0.25) is 5.82 Å². The third kappa shape index (κ3) is 2.47. The van der Waals surface area contributed by atoms with Crippen LogP contribution in [-0.2, 0) is 4.74 Å². The van der Waals surface area contributed by atoms with Crippen LogP contribution in [0.2, 0.25) is 0 Å². The molecule has 2 heterocycles. The minimum Gasteiger partial charge on any atom is -0.459 e. The number of esters is 1. The van der Waals surface area contributed by atoms with Gasteiger partial charge in [-0.1, -0.05) is 23.4 Å². The molecule has 106 valence electrons. The quantitative estimate of drug-likeness (QED) is 0.688. The highest BCUT2D eigenvalue weighted by atomic mass is 16.6. The maximum Gasteiger partial charge on any atom is 0.397 e. The Morgan fingerprint density at radius 2 is 2.10 bits per heavy atom. The van der Waals surface area contributed by atoms with E-state index in [4.69, 9.17) is 9.26 Å². The molecule has 2 aromatic heterocycles. The first-order valence-corrected chi connectivity index (χ1v) is 6.56. The molecule has 0 N–H and O–H groups in total. The SMILES string of the molecule is CCOC(=O)c1nc(-c2cc(C)c3ccccc3n2)no1. The van der Waals surface area contributed by atoms with Crippen molar-refractivity contribution < 1.29 is 14.1 Å². The highest BCUT2D eigenvalue weighted by Crippen LogP contribution is 2.22. The second-order valence-corrected chi connectivity index (χ2v) is 4.49. The predicted molar refractivity (Wildman–Crippen MR) is 75.7 cm³/mol. The van der Waals surface area contributed by atoms with Crippen molar-refractivity contribution in [2.75, 3.05) is 6.61 Å². The molecule has 0 aliphatic rings. The third-order valence-electron chi connectivity index (χ3n) is 3.03. The first kappa shape index (κ1) is 13.2. The van der Waals surface area contributed by atoms with E-state index in [0.717, 1.165) is 16.5 Å². The second kappa shape index (κ2) is 5.32. The number of aryl methyl sites for hydroxylation is 1. The van der Waals surface area contributed by atoms with Gasteiger partial charge in [0.25, 0.3) is 0 Å². The minimum absolute atomic E-state index is 0.167. The van der Waals surface area contributed by atoms with Crippen molar-refractivity contribution in [3.8, 4) is 11.5 Å². The third-order valence-corrected chi connectivity index (χ3v) is 3.03. The maximum atomic E-state index is 11.5. The molecule has 6 heteroatoms. The fraction of sp³-hybridized carbons (Fsp3) is 0.200. The maximum absolute atomic E-state index is 11.5. The Kier molecular flexibility index (Phi) is 3.35. The Hall–Kier alpha value is -2.76. The van der Waals surface area contributed by atoms with Gasteiger partial charge in [-0.25, -0.2) is 9.78 Å². The fourth-order valence-corrected chi connectivity index (χ4v) is 2.07. The second-order valence-electron chi connectivity index (χ2n) is 4.49. The summed E-state index contributed by atoms with van der Waals surface area (Å²) in [5, 5.41) is 4.85. The lowest BCUT2D eigenvalue weighted by Gasteiger charge is -2.03. The summed E-state index contributed by atoms with van der Waals surface area (Å²) in [6, 6.07) is 9.66. The molecule has 1 aromatic carbocycles. The Bertz CT molecular complexity index is 811. The van der Waals surface area contributed by atoms with Gasteiger partial charge in [0.1, 0.15) is 5.69 Å². The van der Waals surface area contributed by atoms with Crippen LogP contribution in [0.3, 0.4) is 0 Å². The molecule has 0 aliphatic carbocycles. The smallest absolute Gasteiger partial charge is 0.397 e. The molecule has 0 unspecified atom stereocenters. The number of ether oxygens (including phenoxy) is 1. The first-order valence-electron chi connectivity index (χ1n) is 6.56. The summed E-state index contributed by atoms with van der Waals surface area (Å²) < 4.78 is 9.73. The van der Waals surface area contributed by atoms with E-state index in [0.29, 0.717) is 5.69 Å². The van der Waals surface area contributed by atoms with Crippen molar-refractivity contribution in [2.45, 2.75) is 13.8 Å². The van der Waals surface area contributed by atoms with Crippen LogP contribution in [0, 0.1) is 6.92 Å². The van der Waals surface area contributed by atoms with E-state index < -0.39 is 5.97 Å². The molecule has 21 heavy (non-hydrogen) atoms. The minimum atomic E-state index is -0.631. The van der Waals surface area contributed by atoms with E-state index in [1.807, 2.05) is 37.3 Å². The number of para-hydroxylation sites is 1. The van der Waals surface area contributed by atoms with Crippen LogP contribution in [0.4, 0.5) is 0 Å². The zero-order chi connectivity index (χ0) is 14.8. The van der Waals surface area contributed by atoms with Gasteiger partial charge in [-0.3, -0.25) is 0 Å². The van der Waals surface area contributed by atoms with Gasteiger partial charge in [-0.2, -0.15) is 4.98 Å². The number of benzene rings is 1. The standard InChI is InChI=1S/C15H13N3O3/c1-3-20-15(19)14-17-13(18-21-14)12-8-9(2)10-6-4-5-7-11(10)16-12/h4-8H,3H2,1-2H3. The van der Waals surface area contributed by atoms with E-state index >= 15 is 0 Å². The van der Waals surface area contributed by atoms with E-state index in [9.17, 15) is 4.79 Å². The van der Waals surface area contributed by atoms with Crippen molar-refractivity contribution in [3.63, 3.8) is 0 Å². The van der Waals surface area contributed by atoms with Crippen LogP contribution >= 0.6 is 0 Å². The molecule has 0 radical (unpaired) electrons. The highest BCUT2D eigenvalue weighted by Gasteiger charge is 2.18. The Morgan fingerprint density at radius 3 is 2.90 bits per heavy atom. The molecule has 3 aromatic rings. The van der Waals surface area contributed by atoms with E-state index in [2.05, 4.69) is 15.1 Å². The highest BCUT2D eigenvalue weighted by molar-refractivity contribution is 5.86. The van der Waals surface area contributed by atoms with E-state index in [1.54, 1.807) is 6.92 Å². The molecule has 0 saturated heterocycles. The summed E-state index contributed by atoms with van der Waals surface area (Å²) in [6.45, 7) is 3.95. The first-order chi connectivity index (χ1) is 10.2. The summed E-state index contributed by atoms with van der Waals surface area (Å²) in [7, 11) is 0.